The highest BCUT2D eigenvalue weighted by atomic mass is 16.5. The number of aliphatic hydroxyl groups is 1. The first kappa shape index (κ1) is 14.2. The monoisotopic (exact) mass is 242 g/mol. The summed E-state index contributed by atoms with van der Waals surface area (Å²) < 4.78 is 10.5. The number of allylic oxidation sites excluding steroid dienone is 1. The maximum absolute atomic E-state index is 11.3. The molecule has 0 bridgehead atoms. The molecule has 1 saturated heterocycles. The number of hydrogen-bond acceptors (Lipinski definition) is 4. The van der Waals surface area contributed by atoms with E-state index in [4.69, 9.17) is 4.74 Å². The van der Waals surface area contributed by atoms with E-state index in [0.29, 0.717) is 6.42 Å². The van der Waals surface area contributed by atoms with Crippen LogP contribution in [0.3, 0.4) is 0 Å². The van der Waals surface area contributed by atoms with Gasteiger partial charge in [-0.05, 0) is 13.8 Å². The van der Waals surface area contributed by atoms with E-state index in [0.717, 1.165) is 5.57 Å². The van der Waals surface area contributed by atoms with E-state index in [9.17, 15) is 9.90 Å². The molecular formula is C13H22O4. The van der Waals surface area contributed by atoms with Gasteiger partial charge in [0, 0.05) is 12.3 Å². The number of aliphatic hydroxyl groups excluding tert-OH is 1. The summed E-state index contributed by atoms with van der Waals surface area (Å²) in [6.45, 7) is 5.88. The van der Waals surface area contributed by atoms with Crippen molar-refractivity contribution in [2.75, 3.05) is 7.11 Å². The first-order chi connectivity index (χ1) is 7.93. The molecule has 98 valence electrons. The van der Waals surface area contributed by atoms with Crippen LogP contribution in [0.15, 0.2) is 11.6 Å². The van der Waals surface area contributed by atoms with Crippen molar-refractivity contribution >= 4 is 5.97 Å². The Morgan fingerprint density at radius 3 is 2.71 bits per heavy atom. The van der Waals surface area contributed by atoms with Gasteiger partial charge in [0.25, 0.3) is 0 Å². The molecule has 4 heteroatoms. The number of rotatable bonds is 3. The van der Waals surface area contributed by atoms with Gasteiger partial charge in [0.1, 0.15) is 0 Å². The third kappa shape index (κ3) is 4.13. The number of esters is 1. The standard InChI is InChI=1S/C13H22O4/c1-8(2)5-10-6-11(14)9(3)12(17-10)7-13(15)16-4/h5,9-12,14H,6-7H2,1-4H3/t9-,10+,11-,12+/m0/s1. The molecule has 0 unspecified atom stereocenters. The maximum atomic E-state index is 11.3. The third-order valence-electron chi connectivity index (χ3n) is 3.13. The fourth-order valence-corrected chi connectivity index (χ4v) is 2.07. The van der Waals surface area contributed by atoms with Crippen LogP contribution in [0.1, 0.15) is 33.6 Å². The van der Waals surface area contributed by atoms with Gasteiger partial charge >= 0.3 is 5.97 Å². The topological polar surface area (TPSA) is 55.8 Å². The van der Waals surface area contributed by atoms with E-state index >= 15 is 0 Å². The van der Waals surface area contributed by atoms with E-state index in [-0.39, 0.29) is 30.5 Å². The molecule has 1 fully saturated rings. The van der Waals surface area contributed by atoms with Crippen molar-refractivity contribution in [1.29, 1.82) is 0 Å². The zero-order chi connectivity index (χ0) is 13.0. The summed E-state index contributed by atoms with van der Waals surface area (Å²) >= 11 is 0. The van der Waals surface area contributed by atoms with Gasteiger partial charge in [0.2, 0.25) is 0 Å². The minimum absolute atomic E-state index is 0.0455. The molecule has 0 amide bonds. The minimum atomic E-state index is -0.431. The average molecular weight is 242 g/mol. The fourth-order valence-electron chi connectivity index (χ4n) is 2.07. The minimum Gasteiger partial charge on any atom is -0.469 e. The van der Waals surface area contributed by atoms with Crippen LogP contribution in [0.25, 0.3) is 0 Å². The van der Waals surface area contributed by atoms with Gasteiger partial charge < -0.3 is 14.6 Å². The van der Waals surface area contributed by atoms with E-state index in [2.05, 4.69) is 4.74 Å². The zero-order valence-electron chi connectivity index (χ0n) is 11.0. The Kier molecular flexibility index (Phi) is 5.15. The van der Waals surface area contributed by atoms with Gasteiger partial charge in [-0.25, -0.2) is 0 Å². The summed E-state index contributed by atoms with van der Waals surface area (Å²) in [7, 11) is 1.36. The van der Waals surface area contributed by atoms with Crippen LogP contribution in [-0.4, -0.2) is 36.5 Å². The number of hydrogen-bond donors (Lipinski definition) is 1. The van der Waals surface area contributed by atoms with Crippen molar-refractivity contribution in [2.45, 2.75) is 51.9 Å². The highest BCUT2D eigenvalue weighted by molar-refractivity contribution is 5.69. The molecule has 0 aromatic carbocycles. The largest absolute Gasteiger partial charge is 0.469 e. The lowest BCUT2D eigenvalue weighted by Gasteiger charge is -2.37. The lowest BCUT2D eigenvalue weighted by molar-refractivity contribution is -0.154. The molecule has 0 aliphatic carbocycles. The molecule has 0 spiro atoms. The molecular weight excluding hydrogens is 220 g/mol. The lowest BCUT2D eigenvalue weighted by atomic mass is 9.88. The van der Waals surface area contributed by atoms with Crippen LogP contribution in [0.2, 0.25) is 0 Å². The number of carbonyl (C=O) groups is 1. The Morgan fingerprint density at radius 2 is 2.18 bits per heavy atom. The Labute approximate surface area is 103 Å². The molecule has 1 N–H and O–H groups in total. The second-order valence-corrected chi connectivity index (χ2v) is 4.90. The summed E-state index contributed by atoms with van der Waals surface area (Å²) in [4.78, 5) is 11.3. The predicted molar refractivity (Wildman–Crippen MR) is 64.5 cm³/mol. The van der Waals surface area contributed by atoms with Crippen molar-refractivity contribution in [2.24, 2.45) is 5.92 Å². The lowest BCUT2D eigenvalue weighted by Crippen LogP contribution is -2.43. The Hall–Kier alpha value is -0.870. The molecule has 1 aliphatic heterocycles. The van der Waals surface area contributed by atoms with Gasteiger partial charge in [0.15, 0.2) is 0 Å². The van der Waals surface area contributed by atoms with Gasteiger partial charge in [-0.2, -0.15) is 0 Å². The molecule has 4 atom stereocenters. The van der Waals surface area contributed by atoms with Crippen LogP contribution < -0.4 is 0 Å². The summed E-state index contributed by atoms with van der Waals surface area (Å²) in [6, 6.07) is 0. The van der Waals surface area contributed by atoms with E-state index in [1.165, 1.54) is 7.11 Å². The SMILES string of the molecule is COC(=O)C[C@H]1O[C@H](C=C(C)C)C[C@H](O)[C@@H]1C. The van der Waals surface area contributed by atoms with Crippen LogP contribution >= 0.6 is 0 Å². The fraction of sp³-hybridized carbons (Fsp3) is 0.769. The van der Waals surface area contributed by atoms with Crippen molar-refractivity contribution in [3.8, 4) is 0 Å². The van der Waals surface area contributed by atoms with E-state index in [1.54, 1.807) is 0 Å². The summed E-state index contributed by atoms with van der Waals surface area (Å²) in [5.41, 5.74) is 1.15. The van der Waals surface area contributed by atoms with Crippen LogP contribution in [0.5, 0.6) is 0 Å². The first-order valence-corrected chi connectivity index (χ1v) is 5.99. The zero-order valence-corrected chi connectivity index (χ0v) is 11.0. The van der Waals surface area contributed by atoms with Gasteiger partial charge in [-0.15, -0.1) is 0 Å². The van der Waals surface area contributed by atoms with Gasteiger partial charge in [-0.1, -0.05) is 18.6 Å². The van der Waals surface area contributed by atoms with E-state index in [1.807, 2.05) is 26.8 Å². The molecule has 1 rings (SSSR count). The molecule has 0 aromatic heterocycles. The second kappa shape index (κ2) is 6.17. The first-order valence-electron chi connectivity index (χ1n) is 5.99. The number of methoxy groups -OCH3 is 1. The summed E-state index contributed by atoms with van der Waals surface area (Å²) in [6.07, 6.45) is 1.96. The smallest absolute Gasteiger partial charge is 0.308 e. The second-order valence-electron chi connectivity index (χ2n) is 4.90. The molecule has 17 heavy (non-hydrogen) atoms. The van der Waals surface area contributed by atoms with Crippen LogP contribution in [0, 0.1) is 5.92 Å². The Balaban J connectivity index is 2.67. The van der Waals surface area contributed by atoms with Crippen molar-refractivity contribution in [3.63, 3.8) is 0 Å². The summed E-state index contributed by atoms with van der Waals surface area (Å²) in [5, 5.41) is 9.96. The molecule has 1 heterocycles. The molecule has 0 aromatic rings. The Morgan fingerprint density at radius 1 is 1.53 bits per heavy atom. The highest BCUT2D eigenvalue weighted by Crippen LogP contribution is 2.28. The van der Waals surface area contributed by atoms with Crippen molar-refractivity contribution in [3.05, 3.63) is 11.6 Å². The van der Waals surface area contributed by atoms with Crippen LogP contribution in [-0.2, 0) is 14.3 Å². The molecule has 0 saturated carbocycles. The third-order valence-corrected chi connectivity index (χ3v) is 3.13. The molecule has 1 aliphatic rings. The number of ether oxygens (including phenoxy) is 2. The van der Waals surface area contributed by atoms with E-state index < -0.39 is 6.10 Å². The van der Waals surface area contributed by atoms with Crippen molar-refractivity contribution < 1.29 is 19.4 Å². The molecule has 4 nitrogen and oxygen atoms in total. The highest BCUT2D eigenvalue weighted by Gasteiger charge is 2.35. The van der Waals surface area contributed by atoms with Gasteiger partial charge in [0.05, 0.1) is 31.8 Å². The summed E-state index contributed by atoms with van der Waals surface area (Å²) in [5.74, 6) is -0.345. The van der Waals surface area contributed by atoms with Gasteiger partial charge in [-0.3, -0.25) is 4.79 Å². The predicted octanol–water partition coefficient (Wildman–Crippen LogP) is 1.67. The van der Waals surface area contributed by atoms with Crippen LogP contribution in [0.4, 0.5) is 0 Å². The molecule has 0 radical (unpaired) electrons. The van der Waals surface area contributed by atoms with Crippen molar-refractivity contribution in [1.82, 2.24) is 0 Å². The normalized spacial score (nSPS) is 33.0. The number of carbonyl (C=O) groups excluding carboxylic acids is 1. The maximum Gasteiger partial charge on any atom is 0.308 e. The quantitative estimate of drug-likeness (QED) is 0.604. The Bertz CT molecular complexity index is 294. The average Bonchev–Trinajstić information content (AvgIpc) is 2.24.